The van der Waals surface area contributed by atoms with E-state index in [-0.39, 0.29) is 11.9 Å². The fourth-order valence-corrected chi connectivity index (χ4v) is 4.19. The first-order valence-electron chi connectivity index (χ1n) is 8.31. The number of fused-ring (bicyclic) bond motifs is 1. The van der Waals surface area contributed by atoms with Crippen LogP contribution in [0.5, 0.6) is 0 Å². The van der Waals surface area contributed by atoms with Gasteiger partial charge in [-0.2, -0.15) is 0 Å². The van der Waals surface area contributed by atoms with E-state index in [2.05, 4.69) is 10.3 Å². The molecule has 8 heteroatoms. The van der Waals surface area contributed by atoms with Gasteiger partial charge in [0.15, 0.2) is 5.13 Å². The van der Waals surface area contributed by atoms with E-state index in [9.17, 15) is 9.59 Å². The highest BCUT2D eigenvalue weighted by atomic mass is 35.5. The molecule has 1 N–H and O–H groups in total. The number of benzene rings is 2. The SMILES string of the molecule is CCOC(=O)c1ccc2nc(NC(=O)CCSc3ccc(Cl)cc3)sc2c1. The van der Waals surface area contributed by atoms with Crippen LogP contribution < -0.4 is 5.32 Å². The average Bonchev–Trinajstić information content (AvgIpc) is 3.04. The lowest BCUT2D eigenvalue weighted by molar-refractivity contribution is -0.115. The zero-order valence-corrected chi connectivity index (χ0v) is 16.9. The molecule has 2 aromatic carbocycles. The Morgan fingerprint density at radius 1 is 1.22 bits per heavy atom. The highest BCUT2D eigenvalue weighted by Crippen LogP contribution is 2.27. The molecule has 0 aliphatic carbocycles. The zero-order valence-electron chi connectivity index (χ0n) is 14.5. The molecule has 0 saturated carbocycles. The molecule has 0 unspecified atom stereocenters. The molecule has 1 aromatic heterocycles. The summed E-state index contributed by atoms with van der Waals surface area (Å²) < 4.78 is 5.83. The van der Waals surface area contributed by atoms with Crippen molar-refractivity contribution in [3.63, 3.8) is 0 Å². The second-order valence-electron chi connectivity index (χ2n) is 5.52. The number of nitrogens with one attached hydrogen (secondary N) is 1. The first-order chi connectivity index (χ1) is 13.0. The Morgan fingerprint density at radius 2 is 2.00 bits per heavy atom. The van der Waals surface area contributed by atoms with E-state index < -0.39 is 0 Å². The van der Waals surface area contributed by atoms with Crippen molar-refractivity contribution < 1.29 is 14.3 Å². The van der Waals surface area contributed by atoms with E-state index >= 15 is 0 Å². The van der Waals surface area contributed by atoms with E-state index in [1.807, 2.05) is 24.3 Å². The molecule has 5 nitrogen and oxygen atoms in total. The fraction of sp³-hybridized carbons (Fsp3) is 0.211. The molecule has 0 fully saturated rings. The third-order valence-electron chi connectivity index (χ3n) is 3.56. The number of halogens is 1. The molecular formula is C19H17ClN2O3S2. The standard InChI is InChI=1S/C19H17ClN2O3S2/c1-2-25-18(24)12-3-8-15-16(11-12)27-19(21-15)22-17(23)9-10-26-14-6-4-13(20)5-7-14/h3-8,11H,2,9-10H2,1H3,(H,21,22,23). The minimum Gasteiger partial charge on any atom is -0.462 e. The summed E-state index contributed by atoms with van der Waals surface area (Å²) >= 11 is 8.79. The van der Waals surface area contributed by atoms with Gasteiger partial charge < -0.3 is 10.1 Å². The van der Waals surface area contributed by atoms with Gasteiger partial charge in [0.25, 0.3) is 0 Å². The summed E-state index contributed by atoms with van der Waals surface area (Å²) in [6.07, 6.45) is 0.372. The number of rotatable bonds is 7. The maximum absolute atomic E-state index is 12.1. The Kier molecular flexibility index (Phi) is 6.71. The minimum absolute atomic E-state index is 0.0962. The van der Waals surface area contributed by atoms with Crippen LogP contribution in [0, 0.1) is 0 Å². The van der Waals surface area contributed by atoms with Crippen molar-refractivity contribution in [2.75, 3.05) is 17.7 Å². The topological polar surface area (TPSA) is 68.3 Å². The van der Waals surface area contributed by atoms with E-state index in [1.54, 1.807) is 36.9 Å². The first-order valence-corrected chi connectivity index (χ1v) is 10.5. The highest BCUT2D eigenvalue weighted by Gasteiger charge is 2.12. The van der Waals surface area contributed by atoms with Gasteiger partial charge >= 0.3 is 5.97 Å². The third kappa shape index (κ3) is 5.45. The van der Waals surface area contributed by atoms with Crippen LogP contribution in [-0.4, -0.2) is 29.2 Å². The molecule has 0 radical (unpaired) electrons. The number of ether oxygens (including phenoxy) is 1. The summed E-state index contributed by atoms with van der Waals surface area (Å²) in [6.45, 7) is 2.09. The van der Waals surface area contributed by atoms with Crippen molar-refractivity contribution in [1.82, 2.24) is 4.98 Å². The molecule has 27 heavy (non-hydrogen) atoms. The van der Waals surface area contributed by atoms with Gasteiger partial charge in [-0.05, 0) is 49.4 Å². The average molecular weight is 421 g/mol. The van der Waals surface area contributed by atoms with Crippen LogP contribution in [0.3, 0.4) is 0 Å². The van der Waals surface area contributed by atoms with Crippen LogP contribution >= 0.6 is 34.7 Å². The lowest BCUT2D eigenvalue weighted by Gasteiger charge is -2.02. The summed E-state index contributed by atoms with van der Waals surface area (Å²) in [4.78, 5) is 29.4. The van der Waals surface area contributed by atoms with Crippen LogP contribution in [0.1, 0.15) is 23.7 Å². The van der Waals surface area contributed by atoms with Gasteiger partial charge in [-0.15, -0.1) is 11.8 Å². The number of hydrogen-bond donors (Lipinski definition) is 1. The highest BCUT2D eigenvalue weighted by molar-refractivity contribution is 7.99. The normalized spacial score (nSPS) is 10.7. The number of carbonyl (C=O) groups excluding carboxylic acids is 2. The number of amides is 1. The Morgan fingerprint density at radius 3 is 2.74 bits per heavy atom. The molecule has 1 heterocycles. The summed E-state index contributed by atoms with van der Waals surface area (Å²) in [5, 5.41) is 4.03. The van der Waals surface area contributed by atoms with E-state index in [4.69, 9.17) is 16.3 Å². The number of carbonyl (C=O) groups is 2. The Balaban J connectivity index is 1.56. The molecule has 3 rings (SSSR count). The van der Waals surface area contributed by atoms with Crippen LogP contribution in [0.15, 0.2) is 47.4 Å². The predicted octanol–water partition coefficient (Wildman–Crippen LogP) is 5.25. The van der Waals surface area contributed by atoms with E-state index in [0.717, 1.165) is 15.1 Å². The quantitative estimate of drug-likeness (QED) is 0.417. The number of anilines is 1. The van der Waals surface area contributed by atoms with Crippen molar-refractivity contribution in [1.29, 1.82) is 0 Å². The molecule has 0 saturated heterocycles. The number of thioether (sulfide) groups is 1. The Hall–Kier alpha value is -2.09. The monoisotopic (exact) mass is 420 g/mol. The second kappa shape index (κ2) is 9.21. The van der Waals surface area contributed by atoms with Gasteiger partial charge in [-0.1, -0.05) is 22.9 Å². The van der Waals surface area contributed by atoms with Gasteiger partial charge in [0.2, 0.25) is 5.91 Å². The summed E-state index contributed by atoms with van der Waals surface area (Å²) in [5.74, 6) is 0.199. The molecule has 0 spiro atoms. The largest absolute Gasteiger partial charge is 0.462 e. The van der Waals surface area contributed by atoms with Crippen molar-refractivity contribution in [3.8, 4) is 0 Å². The number of aromatic nitrogens is 1. The number of esters is 1. The van der Waals surface area contributed by atoms with Crippen LogP contribution in [-0.2, 0) is 9.53 Å². The fourth-order valence-electron chi connectivity index (χ4n) is 2.29. The van der Waals surface area contributed by atoms with Gasteiger partial charge in [-0.25, -0.2) is 9.78 Å². The first kappa shape index (κ1) is 19.7. The molecule has 0 aliphatic rings. The molecule has 140 valence electrons. The molecule has 1 amide bonds. The Bertz CT molecular complexity index is 957. The minimum atomic E-state index is -0.363. The molecule has 3 aromatic rings. The molecule has 0 aliphatic heterocycles. The molecule has 0 bridgehead atoms. The van der Waals surface area contributed by atoms with Gasteiger partial charge in [-0.3, -0.25) is 4.79 Å². The smallest absolute Gasteiger partial charge is 0.338 e. The summed E-state index contributed by atoms with van der Waals surface area (Å²) in [5.41, 5.74) is 1.21. The molecular weight excluding hydrogens is 404 g/mol. The second-order valence-corrected chi connectivity index (χ2v) is 8.16. The van der Waals surface area contributed by atoms with Gasteiger partial charge in [0, 0.05) is 22.1 Å². The predicted molar refractivity (Wildman–Crippen MR) is 111 cm³/mol. The maximum atomic E-state index is 12.1. The number of nitrogens with zero attached hydrogens (tertiary/aromatic N) is 1. The van der Waals surface area contributed by atoms with Crippen molar-refractivity contribution in [2.24, 2.45) is 0 Å². The molecule has 0 atom stereocenters. The van der Waals surface area contributed by atoms with E-state index in [0.29, 0.717) is 34.5 Å². The van der Waals surface area contributed by atoms with Crippen molar-refractivity contribution >= 4 is 61.9 Å². The van der Waals surface area contributed by atoms with Crippen LogP contribution in [0.4, 0.5) is 5.13 Å². The number of hydrogen-bond acceptors (Lipinski definition) is 6. The van der Waals surface area contributed by atoms with Crippen LogP contribution in [0.25, 0.3) is 10.2 Å². The van der Waals surface area contributed by atoms with Gasteiger partial charge in [0.1, 0.15) is 0 Å². The van der Waals surface area contributed by atoms with Crippen molar-refractivity contribution in [2.45, 2.75) is 18.2 Å². The third-order valence-corrected chi connectivity index (χ3v) is 5.76. The van der Waals surface area contributed by atoms with Gasteiger partial charge in [0.05, 0.1) is 22.4 Å². The Labute approximate surface area is 170 Å². The van der Waals surface area contributed by atoms with Crippen LogP contribution in [0.2, 0.25) is 5.02 Å². The summed E-state index contributed by atoms with van der Waals surface area (Å²) in [6, 6.07) is 12.7. The summed E-state index contributed by atoms with van der Waals surface area (Å²) in [7, 11) is 0. The lowest BCUT2D eigenvalue weighted by atomic mass is 10.2. The number of thiazole rings is 1. The zero-order chi connectivity index (χ0) is 19.2. The maximum Gasteiger partial charge on any atom is 0.338 e. The lowest BCUT2D eigenvalue weighted by Crippen LogP contribution is -2.11. The van der Waals surface area contributed by atoms with E-state index in [1.165, 1.54) is 11.3 Å². The van der Waals surface area contributed by atoms with Crippen molar-refractivity contribution in [3.05, 3.63) is 53.1 Å².